The Morgan fingerprint density at radius 3 is 2.62 bits per heavy atom. The molecule has 4 nitrogen and oxygen atoms in total. The molecule has 0 N–H and O–H groups in total. The maximum absolute atomic E-state index is 13.1. The van der Waals surface area contributed by atoms with Gasteiger partial charge in [0.1, 0.15) is 18.2 Å². The summed E-state index contributed by atoms with van der Waals surface area (Å²) in [5.41, 5.74) is 3.98. The minimum Gasteiger partial charge on any atom is -0.477 e. The van der Waals surface area contributed by atoms with Crippen molar-refractivity contribution in [2.24, 2.45) is 0 Å². The van der Waals surface area contributed by atoms with Crippen LogP contribution in [-0.4, -0.2) is 17.4 Å². The second-order valence-corrected chi connectivity index (χ2v) is 9.07. The van der Waals surface area contributed by atoms with Crippen LogP contribution in [0.2, 0.25) is 15.1 Å². The van der Waals surface area contributed by atoms with E-state index in [2.05, 4.69) is 4.90 Å². The maximum atomic E-state index is 13.1. The molecule has 0 unspecified atom stereocenters. The lowest BCUT2D eigenvalue weighted by Crippen LogP contribution is -2.32. The number of fused-ring (bicyclic) bond motifs is 2. The molecular formula is C25H18Cl3NO3. The van der Waals surface area contributed by atoms with Gasteiger partial charge in [0.05, 0.1) is 5.56 Å². The Bertz CT molecular complexity index is 1290. The van der Waals surface area contributed by atoms with E-state index in [1.54, 1.807) is 24.3 Å². The van der Waals surface area contributed by atoms with Gasteiger partial charge in [-0.3, -0.25) is 9.69 Å². The summed E-state index contributed by atoms with van der Waals surface area (Å²) in [4.78, 5) is 15.2. The molecule has 5 rings (SSSR count). The summed E-state index contributed by atoms with van der Waals surface area (Å²) in [6.45, 7) is 3.63. The van der Waals surface area contributed by atoms with Gasteiger partial charge < -0.3 is 9.47 Å². The third kappa shape index (κ3) is 3.89. The van der Waals surface area contributed by atoms with E-state index in [4.69, 9.17) is 44.3 Å². The predicted octanol–water partition coefficient (Wildman–Crippen LogP) is 6.92. The first kappa shape index (κ1) is 21.4. The highest BCUT2D eigenvalue weighted by atomic mass is 35.5. The van der Waals surface area contributed by atoms with E-state index < -0.39 is 0 Å². The number of allylic oxidation sites excluding steroid dienone is 1. The lowest BCUT2D eigenvalue weighted by atomic mass is 10.00. The topological polar surface area (TPSA) is 38.8 Å². The minimum absolute atomic E-state index is 0.180. The van der Waals surface area contributed by atoms with Gasteiger partial charge in [0.25, 0.3) is 0 Å². The molecule has 0 radical (unpaired) electrons. The maximum Gasteiger partial charge on any atom is 0.231 e. The number of rotatable bonds is 3. The molecular weight excluding hydrogens is 469 g/mol. The van der Waals surface area contributed by atoms with Crippen molar-refractivity contribution in [3.63, 3.8) is 0 Å². The number of carbonyl (C=O) groups is 1. The molecule has 0 bridgehead atoms. The molecule has 2 aliphatic rings. The zero-order valence-corrected chi connectivity index (χ0v) is 19.4. The van der Waals surface area contributed by atoms with Gasteiger partial charge in [0.2, 0.25) is 5.78 Å². The van der Waals surface area contributed by atoms with Gasteiger partial charge >= 0.3 is 0 Å². The molecule has 0 amide bonds. The zero-order chi connectivity index (χ0) is 22.4. The van der Waals surface area contributed by atoms with Crippen molar-refractivity contribution >= 4 is 46.7 Å². The smallest absolute Gasteiger partial charge is 0.231 e. The summed E-state index contributed by atoms with van der Waals surface area (Å²) in [7, 11) is 0. The van der Waals surface area contributed by atoms with Crippen LogP contribution in [0, 0.1) is 6.92 Å². The summed E-state index contributed by atoms with van der Waals surface area (Å²) in [5.74, 6) is 1.34. The van der Waals surface area contributed by atoms with Crippen molar-refractivity contribution in [2.45, 2.75) is 20.0 Å². The zero-order valence-electron chi connectivity index (χ0n) is 17.1. The van der Waals surface area contributed by atoms with E-state index >= 15 is 0 Å². The van der Waals surface area contributed by atoms with Crippen molar-refractivity contribution < 1.29 is 14.3 Å². The van der Waals surface area contributed by atoms with Crippen molar-refractivity contribution in [1.82, 2.24) is 4.90 Å². The number of nitrogens with zero attached hydrogens (tertiary/aromatic N) is 1. The van der Waals surface area contributed by atoms with Gasteiger partial charge in [-0.15, -0.1) is 0 Å². The molecule has 0 saturated heterocycles. The van der Waals surface area contributed by atoms with E-state index in [9.17, 15) is 4.79 Å². The molecule has 0 saturated carbocycles. The fraction of sp³-hybridized carbons (Fsp3) is 0.160. The molecule has 2 aliphatic heterocycles. The van der Waals surface area contributed by atoms with Crippen molar-refractivity contribution in [3.8, 4) is 11.5 Å². The van der Waals surface area contributed by atoms with Crippen LogP contribution in [0.3, 0.4) is 0 Å². The molecule has 0 fully saturated rings. The normalized spacial score (nSPS) is 16.5. The van der Waals surface area contributed by atoms with Crippen LogP contribution in [0.5, 0.6) is 11.5 Å². The molecule has 2 heterocycles. The van der Waals surface area contributed by atoms with Crippen LogP contribution in [0.1, 0.15) is 32.6 Å². The molecule has 0 aromatic heterocycles. The molecule has 32 heavy (non-hydrogen) atoms. The lowest BCUT2D eigenvalue weighted by Gasteiger charge is -2.30. The van der Waals surface area contributed by atoms with E-state index in [0.29, 0.717) is 46.7 Å². The average molecular weight is 487 g/mol. The number of benzene rings is 3. The quantitative estimate of drug-likeness (QED) is 0.377. The highest BCUT2D eigenvalue weighted by molar-refractivity contribution is 6.35. The standard InChI is InChI=1S/C25H18Cl3NO3/c1-14-24-17(12-29(13-31-24)11-16-4-2-3-5-20(16)27)8-19-23(30)22(32-25(14)19)9-15-6-7-18(26)10-21(15)28/h2-10H,11-13H2,1H3/b22-9-. The van der Waals surface area contributed by atoms with E-state index in [1.165, 1.54) is 0 Å². The van der Waals surface area contributed by atoms with Gasteiger partial charge in [-0.2, -0.15) is 0 Å². The van der Waals surface area contributed by atoms with Gasteiger partial charge in [-0.25, -0.2) is 0 Å². The van der Waals surface area contributed by atoms with Gasteiger partial charge in [0.15, 0.2) is 5.76 Å². The fourth-order valence-electron chi connectivity index (χ4n) is 4.03. The second-order valence-electron chi connectivity index (χ2n) is 7.82. The van der Waals surface area contributed by atoms with Crippen LogP contribution < -0.4 is 9.47 Å². The van der Waals surface area contributed by atoms with Crippen molar-refractivity contribution in [2.75, 3.05) is 6.73 Å². The third-order valence-electron chi connectivity index (χ3n) is 5.60. The van der Waals surface area contributed by atoms with Crippen LogP contribution in [0.25, 0.3) is 6.08 Å². The molecule has 0 aliphatic carbocycles. The molecule has 0 atom stereocenters. The van der Waals surface area contributed by atoms with Crippen molar-refractivity contribution in [3.05, 3.63) is 97.2 Å². The summed E-state index contributed by atoms with van der Waals surface area (Å²) in [5, 5.41) is 1.70. The summed E-state index contributed by atoms with van der Waals surface area (Å²) in [6, 6.07) is 14.7. The Morgan fingerprint density at radius 2 is 1.84 bits per heavy atom. The van der Waals surface area contributed by atoms with Gasteiger partial charge in [-0.1, -0.05) is 59.1 Å². The Hall–Kier alpha value is -2.50. The summed E-state index contributed by atoms with van der Waals surface area (Å²) >= 11 is 18.6. The Kier molecular flexibility index (Phi) is 5.64. The molecule has 3 aromatic carbocycles. The fourth-order valence-corrected chi connectivity index (χ4v) is 4.68. The predicted molar refractivity (Wildman–Crippen MR) is 127 cm³/mol. The average Bonchev–Trinajstić information content (AvgIpc) is 3.08. The first-order valence-corrected chi connectivity index (χ1v) is 11.2. The molecule has 3 aromatic rings. The highest BCUT2D eigenvalue weighted by Gasteiger charge is 2.33. The highest BCUT2D eigenvalue weighted by Crippen LogP contribution is 2.43. The van der Waals surface area contributed by atoms with Crippen LogP contribution in [-0.2, 0) is 13.1 Å². The Morgan fingerprint density at radius 1 is 1.03 bits per heavy atom. The van der Waals surface area contributed by atoms with E-state index in [-0.39, 0.29) is 11.5 Å². The minimum atomic E-state index is -0.180. The second kappa shape index (κ2) is 8.45. The number of Topliss-reactive ketones (excluding diaryl/α,β-unsaturated/α-hetero) is 1. The number of hydrogen-bond acceptors (Lipinski definition) is 4. The summed E-state index contributed by atoms with van der Waals surface area (Å²) in [6.07, 6.45) is 1.64. The Labute approximate surface area is 200 Å². The monoisotopic (exact) mass is 485 g/mol. The molecule has 7 heteroatoms. The number of carbonyl (C=O) groups excluding carboxylic acids is 1. The summed E-state index contributed by atoms with van der Waals surface area (Å²) < 4.78 is 12.0. The van der Waals surface area contributed by atoms with Crippen LogP contribution in [0.4, 0.5) is 0 Å². The van der Waals surface area contributed by atoms with E-state index in [1.807, 2.05) is 37.3 Å². The number of hydrogen-bond donors (Lipinski definition) is 0. The van der Waals surface area contributed by atoms with Gasteiger partial charge in [-0.05, 0) is 48.4 Å². The van der Waals surface area contributed by atoms with Gasteiger partial charge in [0, 0.05) is 39.3 Å². The Balaban J connectivity index is 1.44. The first-order chi connectivity index (χ1) is 15.4. The van der Waals surface area contributed by atoms with Crippen molar-refractivity contribution in [1.29, 1.82) is 0 Å². The first-order valence-electron chi connectivity index (χ1n) is 10.0. The number of ketones is 1. The van der Waals surface area contributed by atoms with Crippen LogP contribution in [0.15, 0.2) is 54.3 Å². The molecule has 0 spiro atoms. The largest absolute Gasteiger partial charge is 0.477 e. The molecule has 162 valence electrons. The SMILES string of the molecule is Cc1c2c(cc3c1O/C(=C\c1ccc(Cl)cc1Cl)C3=O)CN(Cc1ccccc1Cl)CO2. The number of halogens is 3. The number of ether oxygens (including phenoxy) is 2. The lowest BCUT2D eigenvalue weighted by molar-refractivity contribution is 0.0877. The van der Waals surface area contributed by atoms with Crippen LogP contribution >= 0.6 is 34.8 Å². The van der Waals surface area contributed by atoms with E-state index in [0.717, 1.165) is 27.5 Å². The third-order valence-corrected chi connectivity index (χ3v) is 6.53.